The van der Waals surface area contributed by atoms with Crippen LogP contribution in [0.3, 0.4) is 0 Å². The van der Waals surface area contributed by atoms with Crippen LogP contribution in [0.5, 0.6) is 0 Å². The third-order valence-electron chi connectivity index (χ3n) is 7.21. The molecule has 2 saturated heterocycles. The highest BCUT2D eigenvalue weighted by atomic mass is 19.1. The number of urea groups is 1. The Kier molecular flexibility index (Phi) is 8.25. The van der Waals surface area contributed by atoms with Crippen molar-refractivity contribution in [3.63, 3.8) is 0 Å². The number of amides is 2. The van der Waals surface area contributed by atoms with Crippen LogP contribution < -0.4 is 10.2 Å². The number of rotatable bonds is 8. The molecule has 37 heavy (non-hydrogen) atoms. The van der Waals surface area contributed by atoms with E-state index in [-0.39, 0.29) is 11.8 Å². The number of nitrogens with one attached hydrogen (secondary N) is 1. The van der Waals surface area contributed by atoms with Crippen molar-refractivity contribution in [2.75, 3.05) is 57.3 Å². The quantitative estimate of drug-likeness (QED) is 0.467. The first-order chi connectivity index (χ1) is 18.1. The average Bonchev–Trinajstić information content (AvgIpc) is 3.43. The lowest BCUT2D eigenvalue weighted by molar-refractivity contribution is 0.177. The molecule has 196 valence electrons. The Balaban J connectivity index is 0.968. The van der Waals surface area contributed by atoms with Crippen molar-refractivity contribution in [2.45, 2.75) is 25.7 Å². The molecule has 3 aromatic rings. The molecule has 2 aliphatic heterocycles. The van der Waals surface area contributed by atoms with Crippen LogP contribution in [0.1, 0.15) is 25.0 Å². The first-order valence-electron chi connectivity index (χ1n) is 13.1. The third kappa shape index (κ3) is 6.82. The molecule has 0 spiro atoms. The fourth-order valence-corrected chi connectivity index (χ4v) is 5.00. The number of likely N-dealkylation sites (tertiary alicyclic amines) is 1. The van der Waals surface area contributed by atoms with E-state index in [0.29, 0.717) is 56.0 Å². The number of pyridine rings is 1. The largest absolute Gasteiger partial charge is 0.338 e. The number of anilines is 1. The van der Waals surface area contributed by atoms with E-state index in [2.05, 4.69) is 37.5 Å². The molecule has 5 rings (SSSR count). The topological polar surface area (TPSA) is 90.6 Å². The molecule has 9 nitrogen and oxygen atoms in total. The Bertz CT molecular complexity index is 1130. The minimum absolute atomic E-state index is 0.0220. The fourth-order valence-electron chi connectivity index (χ4n) is 5.00. The second-order valence-electron chi connectivity index (χ2n) is 9.78. The van der Waals surface area contributed by atoms with Gasteiger partial charge >= 0.3 is 12.0 Å². The van der Waals surface area contributed by atoms with Crippen LogP contribution in [0, 0.1) is 11.7 Å². The van der Waals surface area contributed by atoms with Crippen LogP contribution in [0.15, 0.2) is 53.2 Å². The Hall–Kier alpha value is -3.53. The van der Waals surface area contributed by atoms with Gasteiger partial charge in [0.2, 0.25) is 5.82 Å². The van der Waals surface area contributed by atoms with E-state index >= 15 is 0 Å². The van der Waals surface area contributed by atoms with Crippen LogP contribution in [0.25, 0.3) is 11.4 Å². The summed E-state index contributed by atoms with van der Waals surface area (Å²) in [5, 5.41) is 7.08. The van der Waals surface area contributed by atoms with Gasteiger partial charge in [0.15, 0.2) is 0 Å². The van der Waals surface area contributed by atoms with Gasteiger partial charge in [-0.3, -0.25) is 4.98 Å². The SMILES string of the molecule is O=C(NCCCN1CCC(Cc2ccccn2)CC1)N1CCN(c2nc(-c3ccc(F)cc3)no2)CC1. The number of carbonyl (C=O) groups excluding carboxylic acids is 1. The van der Waals surface area contributed by atoms with Gasteiger partial charge in [0, 0.05) is 50.2 Å². The lowest BCUT2D eigenvalue weighted by Gasteiger charge is -2.34. The van der Waals surface area contributed by atoms with Gasteiger partial charge in [0.05, 0.1) is 0 Å². The molecular weight excluding hydrogens is 473 g/mol. The highest BCUT2D eigenvalue weighted by Gasteiger charge is 2.25. The number of aromatic nitrogens is 3. The van der Waals surface area contributed by atoms with Gasteiger partial charge in [0.1, 0.15) is 5.82 Å². The van der Waals surface area contributed by atoms with E-state index in [4.69, 9.17) is 4.52 Å². The van der Waals surface area contributed by atoms with Gasteiger partial charge in [-0.2, -0.15) is 4.98 Å². The average molecular weight is 508 g/mol. The van der Waals surface area contributed by atoms with Crippen molar-refractivity contribution in [2.24, 2.45) is 5.92 Å². The highest BCUT2D eigenvalue weighted by molar-refractivity contribution is 5.74. The Morgan fingerprint density at radius 2 is 1.81 bits per heavy atom. The van der Waals surface area contributed by atoms with E-state index in [1.54, 1.807) is 12.1 Å². The maximum Gasteiger partial charge on any atom is 0.324 e. The minimum atomic E-state index is -0.306. The number of carbonyl (C=O) groups is 1. The zero-order chi connectivity index (χ0) is 25.5. The van der Waals surface area contributed by atoms with E-state index in [0.717, 1.165) is 32.5 Å². The first kappa shape index (κ1) is 25.1. The summed E-state index contributed by atoms with van der Waals surface area (Å²) in [6, 6.07) is 12.5. The summed E-state index contributed by atoms with van der Waals surface area (Å²) in [6.45, 7) is 6.33. The van der Waals surface area contributed by atoms with Gasteiger partial charge in [-0.15, -0.1) is 0 Å². The molecule has 10 heteroatoms. The van der Waals surface area contributed by atoms with E-state index in [1.165, 1.54) is 30.7 Å². The number of benzene rings is 1. The third-order valence-corrected chi connectivity index (χ3v) is 7.21. The van der Waals surface area contributed by atoms with Crippen molar-refractivity contribution >= 4 is 12.0 Å². The number of piperidine rings is 1. The molecule has 0 unspecified atom stereocenters. The van der Waals surface area contributed by atoms with Crippen molar-refractivity contribution < 1.29 is 13.7 Å². The standard InChI is InChI=1S/C27H34FN7O2/c28-23-7-5-22(6-8-23)25-31-27(37-32-25)35-18-16-34(17-19-35)26(36)30-12-3-13-33-14-9-21(10-15-33)20-24-4-1-2-11-29-24/h1-2,4-8,11,21H,3,9-10,12-20H2,(H,30,36). The fraction of sp³-hybridized carbons (Fsp3) is 0.481. The van der Waals surface area contributed by atoms with Crippen LogP contribution in [-0.4, -0.2) is 83.3 Å². The molecular formula is C27H34FN7O2. The summed E-state index contributed by atoms with van der Waals surface area (Å²) in [6.07, 6.45) is 6.31. The lowest BCUT2D eigenvalue weighted by Crippen LogP contribution is -2.52. The smallest absolute Gasteiger partial charge is 0.324 e. The van der Waals surface area contributed by atoms with E-state index in [1.807, 2.05) is 22.1 Å². The van der Waals surface area contributed by atoms with Gasteiger partial charge in [0.25, 0.3) is 0 Å². The molecule has 0 aliphatic carbocycles. The zero-order valence-electron chi connectivity index (χ0n) is 21.1. The van der Waals surface area contributed by atoms with Crippen molar-refractivity contribution in [3.05, 3.63) is 60.2 Å². The van der Waals surface area contributed by atoms with Crippen molar-refractivity contribution in [1.29, 1.82) is 0 Å². The highest BCUT2D eigenvalue weighted by Crippen LogP contribution is 2.22. The summed E-state index contributed by atoms with van der Waals surface area (Å²) >= 11 is 0. The second kappa shape index (κ2) is 12.1. The van der Waals surface area contributed by atoms with E-state index in [9.17, 15) is 9.18 Å². The van der Waals surface area contributed by atoms with Gasteiger partial charge < -0.3 is 24.5 Å². The molecule has 2 aliphatic rings. The summed E-state index contributed by atoms with van der Waals surface area (Å²) in [5.41, 5.74) is 1.89. The number of hydrogen-bond donors (Lipinski definition) is 1. The molecule has 0 saturated carbocycles. The lowest BCUT2D eigenvalue weighted by atomic mass is 9.92. The normalized spacial score (nSPS) is 17.2. The molecule has 2 amide bonds. The molecule has 1 aromatic carbocycles. The molecule has 0 bridgehead atoms. The molecule has 2 fully saturated rings. The molecule has 0 atom stereocenters. The summed E-state index contributed by atoms with van der Waals surface area (Å²) in [7, 11) is 0. The molecule has 2 aromatic heterocycles. The van der Waals surface area contributed by atoms with Gasteiger partial charge in [-0.05, 0) is 87.6 Å². The zero-order valence-corrected chi connectivity index (χ0v) is 21.1. The maximum absolute atomic E-state index is 13.1. The number of hydrogen-bond acceptors (Lipinski definition) is 7. The molecule has 0 radical (unpaired) electrons. The minimum Gasteiger partial charge on any atom is -0.338 e. The van der Waals surface area contributed by atoms with Crippen molar-refractivity contribution in [3.8, 4) is 11.4 Å². The number of piperazine rings is 1. The van der Waals surface area contributed by atoms with Crippen molar-refractivity contribution in [1.82, 2.24) is 30.2 Å². The number of halogens is 1. The van der Waals surface area contributed by atoms with Crippen LogP contribution >= 0.6 is 0 Å². The second-order valence-corrected chi connectivity index (χ2v) is 9.78. The summed E-state index contributed by atoms with van der Waals surface area (Å²) < 4.78 is 18.5. The van der Waals surface area contributed by atoms with Crippen LogP contribution in [0.2, 0.25) is 0 Å². The Labute approximate surface area is 216 Å². The predicted molar refractivity (Wildman–Crippen MR) is 139 cm³/mol. The van der Waals surface area contributed by atoms with Crippen LogP contribution in [0.4, 0.5) is 15.2 Å². The number of nitrogens with zero attached hydrogens (tertiary/aromatic N) is 6. The monoisotopic (exact) mass is 507 g/mol. The molecule has 1 N–H and O–H groups in total. The van der Waals surface area contributed by atoms with Gasteiger partial charge in [-0.1, -0.05) is 11.2 Å². The summed E-state index contributed by atoms with van der Waals surface area (Å²) in [5.74, 6) is 0.831. The summed E-state index contributed by atoms with van der Waals surface area (Å²) in [4.78, 5) is 27.8. The maximum atomic E-state index is 13.1. The predicted octanol–water partition coefficient (Wildman–Crippen LogP) is 3.45. The Morgan fingerprint density at radius 3 is 2.54 bits per heavy atom. The first-order valence-corrected chi connectivity index (χ1v) is 13.1. The van der Waals surface area contributed by atoms with Crippen LogP contribution in [-0.2, 0) is 6.42 Å². The van der Waals surface area contributed by atoms with Gasteiger partial charge in [-0.25, -0.2) is 9.18 Å². The Morgan fingerprint density at radius 1 is 1.03 bits per heavy atom. The van der Waals surface area contributed by atoms with E-state index < -0.39 is 0 Å². The molecule has 4 heterocycles.